The van der Waals surface area contributed by atoms with E-state index in [0.717, 1.165) is 5.92 Å². The minimum atomic E-state index is -1.10. The molecule has 0 bridgehead atoms. The van der Waals surface area contributed by atoms with Gasteiger partial charge in [-0.1, -0.05) is 31.4 Å². The van der Waals surface area contributed by atoms with Crippen LogP contribution in [0.3, 0.4) is 0 Å². The molecule has 2 fully saturated rings. The van der Waals surface area contributed by atoms with Crippen LogP contribution in [-0.2, 0) is 0 Å². The van der Waals surface area contributed by atoms with Gasteiger partial charge >= 0.3 is 5.97 Å². The van der Waals surface area contributed by atoms with E-state index in [2.05, 4.69) is 17.0 Å². The van der Waals surface area contributed by atoms with Crippen molar-refractivity contribution >= 4 is 17.6 Å². The Morgan fingerprint density at radius 3 is 2.88 bits per heavy atom. The summed E-state index contributed by atoms with van der Waals surface area (Å²) in [6.45, 7) is 2.23. The molecule has 7 heteroatoms. The first-order valence-electron chi connectivity index (χ1n) is 9.19. The molecule has 2 aliphatic rings. The molecule has 2 saturated carbocycles. The smallest absolute Gasteiger partial charge is 0.338 e. The van der Waals surface area contributed by atoms with Crippen LogP contribution < -0.4 is 4.74 Å². The third-order valence-electron chi connectivity index (χ3n) is 5.27. The van der Waals surface area contributed by atoms with Crippen molar-refractivity contribution in [1.82, 2.24) is 14.8 Å². The van der Waals surface area contributed by atoms with E-state index in [1.807, 2.05) is 6.07 Å². The molecule has 0 aromatic carbocycles. The van der Waals surface area contributed by atoms with Crippen LogP contribution in [0.2, 0.25) is 5.15 Å². The Labute approximate surface area is 157 Å². The Kier molecular flexibility index (Phi) is 4.61. The standard InChI is InChI=1S/C19H22ClN3O3/c1-2-3-12-10-14(12)17(11-4-5-11)26-16-8-9-23(22-16)15-7-6-13(19(24)25)18(20)21-15/h6-9,11-12,14,17H,2-5,10H2,1H3,(H,24,25). The second kappa shape index (κ2) is 6.91. The number of aromatic carboxylic acids is 1. The van der Waals surface area contributed by atoms with Crippen LogP contribution in [-0.4, -0.2) is 31.9 Å². The van der Waals surface area contributed by atoms with Gasteiger partial charge in [-0.3, -0.25) is 0 Å². The summed E-state index contributed by atoms with van der Waals surface area (Å²) in [5.41, 5.74) is -0.0245. The molecule has 3 atom stereocenters. The van der Waals surface area contributed by atoms with E-state index in [9.17, 15) is 4.79 Å². The first kappa shape index (κ1) is 17.3. The van der Waals surface area contributed by atoms with E-state index in [1.165, 1.54) is 38.2 Å². The van der Waals surface area contributed by atoms with Crippen molar-refractivity contribution in [2.75, 3.05) is 0 Å². The van der Waals surface area contributed by atoms with Gasteiger partial charge in [0.05, 0.1) is 5.56 Å². The normalized spacial score (nSPS) is 22.8. The minimum absolute atomic E-state index is 0.0245. The summed E-state index contributed by atoms with van der Waals surface area (Å²) >= 11 is 5.95. The van der Waals surface area contributed by atoms with Crippen molar-refractivity contribution in [3.05, 3.63) is 35.1 Å². The summed E-state index contributed by atoms with van der Waals surface area (Å²) < 4.78 is 7.81. The van der Waals surface area contributed by atoms with Gasteiger partial charge in [0.15, 0.2) is 5.82 Å². The van der Waals surface area contributed by atoms with Crippen molar-refractivity contribution in [2.45, 2.75) is 45.1 Å². The average Bonchev–Trinajstić information content (AvgIpc) is 3.53. The maximum absolute atomic E-state index is 11.0. The first-order chi connectivity index (χ1) is 12.6. The second-order valence-electron chi connectivity index (χ2n) is 7.28. The molecule has 3 unspecified atom stereocenters. The Morgan fingerprint density at radius 2 is 2.23 bits per heavy atom. The lowest BCUT2D eigenvalue weighted by molar-refractivity contribution is 0.0696. The molecule has 4 rings (SSSR count). The summed E-state index contributed by atoms with van der Waals surface area (Å²) in [4.78, 5) is 15.2. The van der Waals surface area contributed by atoms with Gasteiger partial charge in [-0.2, -0.15) is 0 Å². The quantitative estimate of drug-likeness (QED) is 0.699. The SMILES string of the molecule is CCCC1CC1C(Oc1ccn(-c2ccc(C(=O)O)c(Cl)n2)n1)C1CC1. The molecule has 2 heterocycles. The Morgan fingerprint density at radius 1 is 1.42 bits per heavy atom. The van der Waals surface area contributed by atoms with E-state index < -0.39 is 5.97 Å². The van der Waals surface area contributed by atoms with Gasteiger partial charge in [0, 0.05) is 12.3 Å². The van der Waals surface area contributed by atoms with E-state index in [0.29, 0.717) is 23.5 Å². The number of hydrogen-bond acceptors (Lipinski definition) is 4. The Hall–Kier alpha value is -2.08. The number of nitrogens with zero attached hydrogens (tertiary/aromatic N) is 3. The lowest BCUT2D eigenvalue weighted by Crippen LogP contribution is -2.23. The molecule has 2 aromatic rings. The molecule has 0 amide bonds. The van der Waals surface area contributed by atoms with Crippen molar-refractivity contribution < 1.29 is 14.6 Å². The highest BCUT2D eigenvalue weighted by molar-refractivity contribution is 6.32. The van der Waals surface area contributed by atoms with Crippen molar-refractivity contribution in [3.63, 3.8) is 0 Å². The second-order valence-corrected chi connectivity index (χ2v) is 7.64. The Balaban J connectivity index is 1.47. The van der Waals surface area contributed by atoms with Crippen molar-refractivity contribution in [1.29, 1.82) is 0 Å². The number of halogens is 1. The number of ether oxygens (including phenoxy) is 1. The average molecular weight is 376 g/mol. The van der Waals surface area contributed by atoms with Crippen LogP contribution in [0.4, 0.5) is 0 Å². The van der Waals surface area contributed by atoms with Crippen molar-refractivity contribution in [2.24, 2.45) is 17.8 Å². The molecule has 6 nitrogen and oxygen atoms in total. The largest absolute Gasteiger partial charge is 0.478 e. The zero-order valence-electron chi connectivity index (χ0n) is 14.6. The van der Waals surface area contributed by atoms with Gasteiger partial charge in [0.1, 0.15) is 11.3 Å². The number of carbonyl (C=O) groups is 1. The number of aromatic nitrogens is 3. The van der Waals surface area contributed by atoms with E-state index >= 15 is 0 Å². The highest BCUT2D eigenvalue weighted by Gasteiger charge is 2.49. The minimum Gasteiger partial charge on any atom is -0.478 e. The molecule has 0 spiro atoms. The van der Waals surface area contributed by atoms with E-state index in [-0.39, 0.29) is 16.8 Å². The third kappa shape index (κ3) is 3.56. The molecule has 1 N–H and O–H groups in total. The maximum Gasteiger partial charge on any atom is 0.338 e. The van der Waals surface area contributed by atoms with Crippen LogP contribution in [0.15, 0.2) is 24.4 Å². The fraction of sp³-hybridized carbons (Fsp3) is 0.526. The maximum atomic E-state index is 11.0. The van der Waals surface area contributed by atoms with E-state index in [1.54, 1.807) is 16.9 Å². The van der Waals surface area contributed by atoms with Gasteiger partial charge < -0.3 is 9.84 Å². The van der Waals surface area contributed by atoms with Gasteiger partial charge in [-0.25, -0.2) is 14.5 Å². The van der Waals surface area contributed by atoms with Crippen molar-refractivity contribution in [3.8, 4) is 11.7 Å². The van der Waals surface area contributed by atoms with Crippen LogP contribution in [0.25, 0.3) is 5.82 Å². The zero-order chi connectivity index (χ0) is 18.3. The molecular formula is C19H22ClN3O3. The van der Waals surface area contributed by atoms with Crippen LogP contribution in [0.5, 0.6) is 5.88 Å². The van der Waals surface area contributed by atoms with Crippen LogP contribution in [0.1, 0.15) is 49.4 Å². The fourth-order valence-electron chi connectivity index (χ4n) is 3.68. The number of pyridine rings is 1. The highest BCUT2D eigenvalue weighted by Crippen LogP contribution is 2.52. The summed E-state index contributed by atoms with van der Waals surface area (Å²) in [5.74, 6) is 2.08. The molecule has 2 aromatic heterocycles. The fourth-order valence-corrected chi connectivity index (χ4v) is 3.91. The molecule has 2 aliphatic carbocycles. The van der Waals surface area contributed by atoms with E-state index in [4.69, 9.17) is 21.4 Å². The molecule has 26 heavy (non-hydrogen) atoms. The number of rotatable bonds is 8. The predicted molar refractivity (Wildman–Crippen MR) is 97.0 cm³/mol. The van der Waals surface area contributed by atoms with Gasteiger partial charge in [0.25, 0.3) is 0 Å². The Bertz CT molecular complexity index is 818. The number of carboxylic acids is 1. The van der Waals surface area contributed by atoms with Crippen LogP contribution >= 0.6 is 11.6 Å². The van der Waals surface area contributed by atoms with Gasteiger partial charge in [-0.15, -0.1) is 5.10 Å². The molecule has 0 radical (unpaired) electrons. The summed E-state index contributed by atoms with van der Waals surface area (Å²) in [5, 5.41) is 13.4. The number of hydrogen-bond donors (Lipinski definition) is 1. The third-order valence-corrected chi connectivity index (χ3v) is 5.55. The topological polar surface area (TPSA) is 77.2 Å². The van der Waals surface area contributed by atoms with Gasteiger partial charge in [0.2, 0.25) is 5.88 Å². The monoisotopic (exact) mass is 375 g/mol. The number of carboxylic acid groups (broad SMARTS) is 1. The van der Waals surface area contributed by atoms with Crippen LogP contribution in [0, 0.1) is 17.8 Å². The predicted octanol–water partition coefficient (Wildman–Crippen LogP) is 4.21. The highest BCUT2D eigenvalue weighted by atomic mass is 35.5. The molecule has 0 aliphatic heterocycles. The molecule has 0 saturated heterocycles. The zero-order valence-corrected chi connectivity index (χ0v) is 15.4. The first-order valence-corrected chi connectivity index (χ1v) is 9.57. The summed E-state index contributed by atoms with van der Waals surface area (Å²) in [7, 11) is 0. The lowest BCUT2D eigenvalue weighted by atomic mass is 10.1. The molecule has 138 valence electrons. The summed E-state index contributed by atoms with van der Waals surface area (Å²) in [6.07, 6.45) is 8.29. The molecular weight excluding hydrogens is 354 g/mol. The van der Waals surface area contributed by atoms with Gasteiger partial charge in [-0.05, 0) is 49.1 Å². The lowest BCUT2D eigenvalue weighted by Gasteiger charge is -2.17. The summed E-state index contributed by atoms with van der Waals surface area (Å²) in [6, 6.07) is 4.84.